The molecule has 1 spiro atoms. The first-order valence-corrected chi connectivity index (χ1v) is 14.0. The van der Waals surface area contributed by atoms with Gasteiger partial charge in [-0.3, -0.25) is 19.7 Å². The SMILES string of the molecule is CC(CCC(=O)NC=O)N1Cc2c(SCc3ccc(CNC4CC5(CCC5)C4)cc3)cccc2C1=O. The normalized spacial score (nSPS) is 18.9. The van der Waals surface area contributed by atoms with E-state index in [1.165, 1.54) is 43.2 Å². The molecule has 5 rings (SSSR count). The van der Waals surface area contributed by atoms with Crippen molar-refractivity contribution in [2.75, 3.05) is 0 Å². The number of fused-ring (bicyclic) bond motifs is 1. The summed E-state index contributed by atoms with van der Waals surface area (Å²) in [6.45, 7) is 3.45. The van der Waals surface area contributed by atoms with E-state index < -0.39 is 0 Å². The highest BCUT2D eigenvalue weighted by Crippen LogP contribution is 2.55. The van der Waals surface area contributed by atoms with Gasteiger partial charge in [0, 0.05) is 47.8 Å². The molecule has 2 aromatic rings. The fraction of sp³-hybridized carbons (Fsp3) is 0.483. The Bertz CT molecular complexity index is 1120. The van der Waals surface area contributed by atoms with Crippen LogP contribution < -0.4 is 10.6 Å². The van der Waals surface area contributed by atoms with Gasteiger partial charge >= 0.3 is 0 Å². The van der Waals surface area contributed by atoms with Gasteiger partial charge in [-0.15, -0.1) is 11.8 Å². The summed E-state index contributed by atoms with van der Waals surface area (Å²) < 4.78 is 0. The van der Waals surface area contributed by atoms with Crippen molar-refractivity contribution in [3.8, 4) is 0 Å². The Morgan fingerprint density at radius 1 is 1.17 bits per heavy atom. The molecule has 0 bridgehead atoms. The van der Waals surface area contributed by atoms with Gasteiger partial charge in [-0.25, -0.2) is 0 Å². The van der Waals surface area contributed by atoms with Crippen LogP contribution in [0.5, 0.6) is 0 Å². The molecular weight excluding hydrogens is 470 g/mol. The van der Waals surface area contributed by atoms with Crippen LogP contribution in [-0.2, 0) is 28.4 Å². The summed E-state index contributed by atoms with van der Waals surface area (Å²) >= 11 is 1.77. The molecule has 3 amide bonds. The number of carbonyl (C=O) groups is 3. The van der Waals surface area contributed by atoms with Gasteiger partial charge in [0.15, 0.2) is 0 Å². The predicted molar refractivity (Wildman–Crippen MR) is 141 cm³/mol. The molecule has 1 heterocycles. The molecule has 2 saturated carbocycles. The molecule has 2 aliphatic carbocycles. The van der Waals surface area contributed by atoms with Gasteiger partial charge < -0.3 is 10.2 Å². The molecule has 190 valence electrons. The first-order valence-electron chi connectivity index (χ1n) is 13.1. The number of thioether (sulfide) groups is 1. The molecule has 0 radical (unpaired) electrons. The summed E-state index contributed by atoms with van der Waals surface area (Å²) in [7, 11) is 0. The summed E-state index contributed by atoms with van der Waals surface area (Å²) in [5, 5.41) is 5.88. The average Bonchev–Trinajstić information content (AvgIpc) is 3.17. The number of imide groups is 1. The highest BCUT2D eigenvalue weighted by Gasteiger charge is 2.47. The van der Waals surface area contributed by atoms with Gasteiger partial charge in [0.25, 0.3) is 5.91 Å². The Hall–Kier alpha value is -2.64. The smallest absolute Gasteiger partial charge is 0.254 e. The third kappa shape index (κ3) is 5.37. The van der Waals surface area contributed by atoms with Gasteiger partial charge in [0.2, 0.25) is 12.3 Å². The third-order valence-corrected chi connectivity index (χ3v) is 9.45. The van der Waals surface area contributed by atoms with Gasteiger partial charge in [0.1, 0.15) is 0 Å². The number of hydrogen-bond donors (Lipinski definition) is 2. The highest BCUT2D eigenvalue weighted by molar-refractivity contribution is 7.98. The average molecular weight is 506 g/mol. The van der Waals surface area contributed by atoms with E-state index in [9.17, 15) is 14.4 Å². The molecule has 0 saturated heterocycles. The van der Waals surface area contributed by atoms with Gasteiger partial charge in [-0.05, 0) is 73.3 Å². The zero-order valence-electron chi connectivity index (χ0n) is 20.9. The molecular formula is C29H35N3O3S. The lowest BCUT2D eigenvalue weighted by molar-refractivity contribution is -0.125. The van der Waals surface area contributed by atoms with Crippen LogP contribution in [0.2, 0.25) is 0 Å². The number of hydrogen-bond acceptors (Lipinski definition) is 5. The van der Waals surface area contributed by atoms with E-state index >= 15 is 0 Å². The fourth-order valence-corrected chi connectivity index (χ4v) is 6.88. The molecule has 1 atom stereocenters. The minimum Gasteiger partial charge on any atom is -0.332 e. The summed E-state index contributed by atoms with van der Waals surface area (Å²) in [6, 6.07) is 15.4. The van der Waals surface area contributed by atoms with Crippen LogP contribution in [0.15, 0.2) is 47.4 Å². The van der Waals surface area contributed by atoms with Crippen molar-refractivity contribution in [1.29, 1.82) is 0 Å². The van der Waals surface area contributed by atoms with E-state index in [-0.39, 0.29) is 24.3 Å². The maximum absolute atomic E-state index is 13.0. The van der Waals surface area contributed by atoms with Crippen LogP contribution in [0.3, 0.4) is 0 Å². The maximum atomic E-state index is 13.0. The summed E-state index contributed by atoms with van der Waals surface area (Å²) in [5.41, 5.74) is 5.14. The Labute approximate surface area is 217 Å². The standard InChI is InChI=1S/C29H35N3O3S/c1-20(6-11-27(34)31-19-33)32-17-25-24(28(32)35)4-2-5-26(25)36-18-22-9-7-21(8-10-22)16-30-23-14-29(15-23)12-3-13-29/h2,4-5,7-10,19-20,23,30H,3,6,11-18H2,1H3,(H,31,33,34). The largest absolute Gasteiger partial charge is 0.332 e. The van der Waals surface area contributed by atoms with Crippen LogP contribution in [0.4, 0.5) is 0 Å². The Kier molecular flexibility index (Phi) is 7.49. The predicted octanol–water partition coefficient (Wildman–Crippen LogP) is 4.80. The van der Waals surface area contributed by atoms with E-state index in [0.29, 0.717) is 30.8 Å². The van der Waals surface area contributed by atoms with Crippen LogP contribution in [0.25, 0.3) is 0 Å². The minimum atomic E-state index is -0.316. The number of amides is 3. The highest BCUT2D eigenvalue weighted by atomic mass is 32.2. The van der Waals surface area contributed by atoms with Crippen molar-refractivity contribution in [2.45, 2.75) is 87.7 Å². The molecule has 0 aromatic heterocycles. The van der Waals surface area contributed by atoms with Crippen molar-refractivity contribution in [3.63, 3.8) is 0 Å². The lowest BCUT2D eigenvalue weighted by Gasteiger charge is -2.54. The number of carbonyl (C=O) groups excluding carboxylic acids is 3. The Balaban J connectivity index is 1.12. The molecule has 1 aliphatic heterocycles. The molecule has 6 nitrogen and oxygen atoms in total. The molecule has 2 N–H and O–H groups in total. The van der Waals surface area contributed by atoms with Crippen molar-refractivity contribution in [3.05, 3.63) is 64.7 Å². The minimum absolute atomic E-state index is 0.0160. The van der Waals surface area contributed by atoms with E-state index in [4.69, 9.17) is 0 Å². The molecule has 1 unspecified atom stereocenters. The summed E-state index contributed by atoms with van der Waals surface area (Å²) in [5.74, 6) is 0.553. The lowest BCUT2D eigenvalue weighted by Crippen LogP contribution is -2.51. The first kappa shape index (κ1) is 25.0. The summed E-state index contributed by atoms with van der Waals surface area (Å²) in [6.07, 6.45) is 8.16. The second kappa shape index (κ2) is 10.8. The Morgan fingerprint density at radius 3 is 2.61 bits per heavy atom. The van der Waals surface area contributed by atoms with Crippen LogP contribution >= 0.6 is 11.8 Å². The molecule has 3 aliphatic rings. The molecule has 2 fully saturated rings. The summed E-state index contributed by atoms with van der Waals surface area (Å²) in [4.78, 5) is 38.0. The van der Waals surface area contributed by atoms with E-state index in [1.54, 1.807) is 11.8 Å². The van der Waals surface area contributed by atoms with E-state index in [2.05, 4.69) is 41.0 Å². The van der Waals surface area contributed by atoms with Gasteiger partial charge in [0.05, 0.1) is 0 Å². The number of benzene rings is 2. The first-order chi connectivity index (χ1) is 17.5. The monoisotopic (exact) mass is 505 g/mol. The number of nitrogens with zero attached hydrogens (tertiary/aromatic N) is 1. The zero-order valence-corrected chi connectivity index (χ0v) is 21.7. The zero-order chi connectivity index (χ0) is 25.1. The van der Waals surface area contributed by atoms with Crippen molar-refractivity contribution < 1.29 is 14.4 Å². The van der Waals surface area contributed by atoms with Gasteiger partial charge in [-0.2, -0.15) is 0 Å². The second-order valence-corrected chi connectivity index (χ2v) is 11.8. The number of rotatable bonds is 11. The molecule has 2 aromatic carbocycles. The van der Waals surface area contributed by atoms with Crippen molar-refractivity contribution in [2.24, 2.45) is 5.41 Å². The van der Waals surface area contributed by atoms with E-state index in [1.807, 2.05) is 24.0 Å². The van der Waals surface area contributed by atoms with Crippen LogP contribution in [-0.4, -0.2) is 35.2 Å². The maximum Gasteiger partial charge on any atom is 0.254 e. The molecule has 7 heteroatoms. The number of nitrogens with one attached hydrogen (secondary N) is 2. The van der Waals surface area contributed by atoms with Crippen molar-refractivity contribution in [1.82, 2.24) is 15.5 Å². The molecule has 36 heavy (non-hydrogen) atoms. The van der Waals surface area contributed by atoms with Crippen molar-refractivity contribution >= 4 is 30.0 Å². The van der Waals surface area contributed by atoms with Crippen LogP contribution in [0, 0.1) is 5.41 Å². The van der Waals surface area contributed by atoms with Crippen LogP contribution in [0.1, 0.15) is 78.9 Å². The second-order valence-electron chi connectivity index (χ2n) is 10.7. The van der Waals surface area contributed by atoms with Gasteiger partial charge in [-0.1, -0.05) is 36.8 Å². The van der Waals surface area contributed by atoms with E-state index in [0.717, 1.165) is 28.3 Å². The third-order valence-electron chi connectivity index (χ3n) is 8.28. The topological polar surface area (TPSA) is 78.5 Å². The fourth-order valence-electron chi connectivity index (χ4n) is 5.84. The quantitative estimate of drug-likeness (QED) is 0.339. The Morgan fingerprint density at radius 2 is 1.92 bits per heavy atom. The lowest BCUT2D eigenvalue weighted by atomic mass is 9.54.